The number of amides is 1. The molecule has 1 rings (SSSR count). The SMILES string of the molecule is CC(C)(C)OC(=O)OC(=O)OC(C)(C)C.COC(=O)c1ccc(CNC(=O)OC(C)(C)C)c(F)c1. The number of hydrogen-bond acceptors (Lipinski definition) is 9. The minimum Gasteiger partial charge on any atom is -0.465 e. The van der Waals surface area contributed by atoms with Crippen molar-refractivity contribution in [2.24, 2.45) is 0 Å². The fourth-order valence-electron chi connectivity index (χ4n) is 2.03. The summed E-state index contributed by atoms with van der Waals surface area (Å²) in [5, 5.41) is 2.44. The molecule has 0 unspecified atom stereocenters. The average Bonchev–Trinajstić information content (AvgIpc) is 2.62. The maximum atomic E-state index is 13.7. The van der Waals surface area contributed by atoms with E-state index >= 15 is 0 Å². The van der Waals surface area contributed by atoms with Crippen molar-refractivity contribution in [1.82, 2.24) is 5.32 Å². The number of carbonyl (C=O) groups excluding carboxylic acids is 4. The third-order valence-corrected chi connectivity index (χ3v) is 3.24. The third kappa shape index (κ3) is 16.0. The van der Waals surface area contributed by atoms with Gasteiger partial charge in [-0.1, -0.05) is 6.07 Å². The Morgan fingerprint density at radius 2 is 1.26 bits per heavy atom. The number of methoxy groups -OCH3 is 1. The van der Waals surface area contributed by atoms with Crippen LogP contribution in [0, 0.1) is 5.82 Å². The van der Waals surface area contributed by atoms with Crippen molar-refractivity contribution in [1.29, 1.82) is 0 Å². The molecule has 0 fully saturated rings. The first-order chi connectivity index (χ1) is 15.7. The molecule has 1 aromatic carbocycles. The Morgan fingerprint density at radius 1 is 0.800 bits per heavy atom. The van der Waals surface area contributed by atoms with Crippen LogP contribution in [0.3, 0.4) is 0 Å². The molecule has 11 heteroatoms. The molecule has 1 N–H and O–H groups in total. The highest BCUT2D eigenvalue weighted by Crippen LogP contribution is 2.13. The smallest absolute Gasteiger partial charge is 0.465 e. The van der Waals surface area contributed by atoms with E-state index in [0.717, 1.165) is 6.07 Å². The van der Waals surface area contributed by atoms with Crippen LogP contribution in [0.1, 0.15) is 78.2 Å². The van der Waals surface area contributed by atoms with Crippen LogP contribution in [-0.4, -0.2) is 48.3 Å². The van der Waals surface area contributed by atoms with Crippen molar-refractivity contribution in [2.75, 3.05) is 7.11 Å². The van der Waals surface area contributed by atoms with Gasteiger partial charge >= 0.3 is 24.4 Å². The molecule has 0 atom stereocenters. The van der Waals surface area contributed by atoms with Crippen molar-refractivity contribution in [3.05, 3.63) is 35.1 Å². The lowest BCUT2D eigenvalue weighted by atomic mass is 10.1. The Bertz CT molecular complexity index is 868. The fourth-order valence-corrected chi connectivity index (χ4v) is 2.03. The van der Waals surface area contributed by atoms with Crippen LogP contribution in [0.2, 0.25) is 0 Å². The van der Waals surface area contributed by atoms with Gasteiger partial charge in [-0.25, -0.2) is 23.6 Å². The Labute approximate surface area is 205 Å². The second-order valence-corrected chi connectivity index (χ2v) is 10.2. The first-order valence-electron chi connectivity index (χ1n) is 10.7. The van der Waals surface area contributed by atoms with Crippen LogP contribution in [0.15, 0.2) is 18.2 Å². The lowest BCUT2D eigenvalue weighted by Gasteiger charge is -2.20. The molecule has 0 saturated carbocycles. The van der Waals surface area contributed by atoms with Crippen molar-refractivity contribution in [3.63, 3.8) is 0 Å². The molecule has 1 aromatic rings. The normalized spacial score (nSPS) is 11.3. The van der Waals surface area contributed by atoms with Gasteiger partial charge in [-0.05, 0) is 74.4 Å². The van der Waals surface area contributed by atoms with Gasteiger partial charge in [0.15, 0.2) is 0 Å². The number of alkyl carbamates (subject to hydrolysis) is 1. The Morgan fingerprint density at radius 3 is 1.63 bits per heavy atom. The lowest BCUT2D eigenvalue weighted by Crippen LogP contribution is -2.32. The molecule has 1 amide bonds. The molecule has 35 heavy (non-hydrogen) atoms. The summed E-state index contributed by atoms with van der Waals surface area (Å²) >= 11 is 0. The van der Waals surface area contributed by atoms with E-state index in [1.165, 1.54) is 19.2 Å². The van der Waals surface area contributed by atoms with Crippen LogP contribution >= 0.6 is 0 Å². The fraction of sp³-hybridized carbons (Fsp3) is 0.583. The van der Waals surface area contributed by atoms with E-state index in [9.17, 15) is 23.6 Å². The second kappa shape index (κ2) is 12.9. The highest BCUT2D eigenvalue weighted by atomic mass is 19.1. The van der Waals surface area contributed by atoms with Gasteiger partial charge in [0.05, 0.1) is 12.7 Å². The van der Waals surface area contributed by atoms with E-state index in [4.69, 9.17) is 14.2 Å². The molecule has 0 aliphatic rings. The van der Waals surface area contributed by atoms with Gasteiger partial charge in [-0.15, -0.1) is 0 Å². The molecule has 198 valence electrons. The third-order valence-electron chi connectivity index (χ3n) is 3.24. The molecular weight excluding hydrogens is 465 g/mol. The Balaban J connectivity index is 0.000000691. The van der Waals surface area contributed by atoms with Crippen molar-refractivity contribution in [2.45, 2.75) is 85.7 Å². The predicted octanol–water partition coefficient (Wildman–Crippen LogP) is 5.51. The topological polar surface area (TPSA) is 126 Å². The van der Waals surface area contributed by atoms with Gasteiger partial charge in [-0.3, -0.25) is 0 Å². The van der Waals surface area contributed by atoms with E-state index < -0.39 is 47.0 Å². The largest absolute Gasteiger partial charge is 0.519 e. The molecule has 0 saturated heterocycles. The summed E-state index contributed by atoms with van der Waals surface area (Å²) in [4.78, 5) is 44.7. The summed E-state index contributed by atoms with van der Waals surface area (Å²) in [5.41, 5.74) is -1.63. The molecule has 0 bridgehead atoms. The first kappa shape index (κ1) is 31.6. The van der Waals surface area contributed by atoms with Crippen molar-refractivity contribution in [3.8, 4) is 0 Å². The van der Waals surface area contributed by atoms with E-state index in [0.29, 0.717) is 0 Å². The van der Waals surface area contributed by atoms with Gasteiger partial charge in [0.2, 0.25) is 0 Å². The molecule has 0 aliphatic carbocycles. The zero-order chi connectivity index (χ0) is 27.6. The van der Waals surface area contributed by atoms with Crippen LogP contribution in [0.25, 0.3) is 0 Å². The molecule has 0 heterocycles. The van der Waals surface area contributed by atoms with E-state index in [-0.39, 0.29) is 17.7 Å². The van der Waals surface area contributed by atoms with Gasteiger partial charge < -0.3 is 29.0 Å². The molecule has 0 radical (unpaired) electrons. The maximum absolute atomic E-state index is 13.7. The van der Waals surface area contributed by atoms with Crippen molar-refractivity contribution >= 4 is 24.4 Å². The lowest BCUT2D eigenvalue weighted by molar-refractivity contribution is -0.0294. The number of ether oxygens (including phenoxy) is 5. The van der Waals surface area contributed by atoms with E-state index in [1.807, 2.05) is 0 Å². The van der Waals surface area contributed by atoms with Gasteiger partial charge in [0.25, 0.3) is 0 Å². The van der Waals surface area contributed by atoms with E-state index in [1.54, 1.807) is 62.3 Å². The van der Waals surface area contributed by atoms with Crippen LogP contribution < -0.4 is 5.32 Å². The highest BCUT2D eigenvalue weighted by molar-refractivity contribution is 5.89. The van der Waals surface area contributed by atoms with Crippen LogP contribution in [0.5, 0.6) is 0 Å². The number of nitrogens with one attached hydrogen (secondary N) is 1. The molecule has 10 nitrogen and oxygen atoms in total. The summed E-state index contributed by atoms with van der Waals surface area (Å²) < 4.78 is 37.1. The minimum atomic E-state index is -1.06. The minimum absolute atomic E-state index is 0.0256. The van der Waals surface area contributed by atoms with Gasteiger partial charge in [0.1, 0.15) is 22.6 Å². The standard InChI is InChI=1S/C14H18FNO4.C10H18O5/c1-14(2,3)20-13(18)16-8-10-6-5-9(7-11(10)15)12(17)19-4;1-9(2,3)14-7(11)13-8(12)15-10(4,5)6/h5-7H,8H2,1-4H3,(H,16,18);1-6H3. The maximum Gasteiger partial charge on any atom is 0.519 e. The quantitative estimate of drug-likeness (QED) is 0.324. The van der Waals surface area contributed by atoms with E-state index in [2.05, 4.69) is 14.8 Å². The zero-order valence-electron chi connectivity index (χ0n) is 22.0. The molecular formula is C24H36FNO9. The number of rotatable bonds is 3. The van der Waals surface area contributed by atoms with Crippen LogP contribution in [-0.2, 0) is 30.2 Å². The highest BCUT2D eigenvalue weighted by Gasteiger charge is 2.24. The molecule has 0 spiro atoms. The number of benzene rings is 1. The number of esters is 1. The number of carbonyl (C=O) groups is 4. The Hall–Kier alpha value is -3.37. The number of halogens is 1. The summed E-state index contributed by atoms with van der Waals surface area (Å²) in [6, 6.07) is 3.91. The predicted molar refractivity (Wildman–Crippen MR) is 124 cm³/mol. The van der Waals surface area contributed by atoms with Gasteiger partial charge in [-0.2, -0.15) is 0 Å². The summed E-state index contributed by atoms with van der Waals surface area (Å²) in [6.45, 7) is 15.2. The number of hydrogen-bond donors (Lipinski definition) is 1. The summed E-state index contributed by atoms with van der Waals surface area (Å²) in [6.07, 6.45) is -2.75. The summed E-state index contributed by atoms with van der Waals surface area (Å²) in [5.74, 6) is -1.21. The molecule has 0 aliphatic heterocycles. The zero-order valence-corrected chi connectivity index (χ0v) is 22.0. The monoisotopic (exact) mass is 501 g/mol. The summed E-state index contributed by atoms with van der Waals surface area (Å²) in [7, 11) is 1.22. The second-order valence-electron chi connectivity index (χ2n) is 10.2. The van der Waals surface area contributed by atoms with Crippen molar-refractivity contribution < 1.29 is 47.3 Å². The Kier molecular flexibility index (Phi) is 11.7. The first-order valence-corrected chi connectivity index (χ1v) is 10.7. The molecule has 0 aromatic heterocycles. The van der Waals surface area contributed by atoms with Gasteiger partial charge in [0, 0.05) is 12.1 Å². The van der Waals surface area contributed by atoms with Crippen LogP contribution in [0.4, 0.5) is 18.8 Å². The average molecular weight is 502 g/mol.